The molecule has 4 N–H and O–H groups in total. The molecule has 0 aliphatic carbocycles. The smallest absolute Gasteiger partial charge is 0.135 e. The van der Waals surface area contributed by atoms with Crippen molar-refractivity contribution in [3.05, 3.63) is 47.5 Å². The van der Waals surface area contributed by atoms with Gasteiger partial charge >= 0.3 is 0 Å². The Hall–Kier alpha value is -2.57. The molecule has 0 fully saturated rings. The van der Waals surface area contributed by atoms with Crippen LogP contribution in [0.25, 0.3) is 0 Å². The van der Waals surface area contributed by atoms with Crippen LogP contribution in [-0.2, 0) is 6.61 Å². The zero-order valence-electron chi connectivity index (χ0n) is 12.4. The zero-order valence-corrected chi connectivity index (χ0v) is 12.4. The largest absolute Gasteiger partial charge is 0.507 e. The van der Waals surface area contributed by atoms with Crippen LogP contribution < -0.4 is 9.47 Å². The van der Waals surface area contributed by atoms with Gasteiger partial charge in [-0.05, 0) is 6.07 Å². The van der Waals surface area contributed by atoms with Gasteiger partial charge in [0.15, 0.2) is 0 Å². The lowest BCUT2D eigenvalue weighted by atomic mass is 10.1. The van der Waals surface area contributed by atoms with Crippen LogP contribution in [0, 0.1) is 0 Å². The van der Waals surface area contributed by atoms with E-state index in [9.17, 15) is 10.2 Å². The Balaban J connectivity index is 0.00000242. The van der Waals surface area contributed by atoms with Gasteiger partial charge in [0.2, 0.25) is 0 Å². The first kappa shape index (κ1) is 17.5. The summed E-state index contributed by atoms with van der Waals surface area (Å²) in [7, 11) is 3.02. The van der Waals surface area contributed by atoms with E-state index in [1.807, 2.05) is 12.1 Å². The summed E-state index contributed by atoms with van der Waals surface area (Å²) in [5.74, 6) is 0.964. The molecule has 0 aromatic heterocycles. The van der Waals surface area contributed by atoms with Gasteiger partial charge in [0.1, 0.15) is 17.2 Å². The summed E-state index contributed by atoms with van der Waals surface area (Å²) in [6, 6.07) is 10.4. The highest BCUT2D eigenvalue weighted by molar-refractivity contribution is 5.89. The second-order valence-corrected chi connectivity index (χ2v) is 4.31. The number of rotatable bonds is 5. The highest BCUT2D eigenvalue weighted by Crippen LogP contribution is 2.32. The lowest BCUT2D eigenvalue weighted by Crippen LogP contribution is -1.94. The monoisotopic (exact) mass is 305 g/mol. The molecular weight excluding hydrogens is 286 g/mol. The predicted molar refractivity (Wildman–Crippen MR) is 84.4 cm³/mol. The normalized spacial score (nSPS) is 10.3. The first-order valence-electron chi connectivity index (χ1n) is 6.37. The van der Waals surface area contributed by atoms with E-state index >= 15 is 0 Å². The number of aromatic hydroxyl groups is 1. The molecule has 6 heteroatoms. The fourth-order valence-corrected chi connectivity index (χ4v) is 1.91. The number of phenolic OH excluding ortho intramolecular Hbond substituents is 1. The molecule has 0 saturated carbocycles. The number of ether oxygens (including phenoxy) is 2. The number of benzene rings is 2. The average Bonchev–Trinajstić information content (AvgIpc) is 2.53. The summed E-state index contributed by atoms with van der Waals surface area (Å²) in [5.41, 5.74) is 1.80. The van der Waals surface area contributed by atoms with E-state index in [4.69, 9.17) is 9.47 Å². The fraction of sp³-hybridized carbons (Fsp3) is 0.188. The molecule has 0 aliphatic heterocycles. The maximum absolute atomic E-state index is 10.0. The number of aliphatic hydroxyl groups excluding tert-OH is 1. The molecule has 0 radical (unpaired) electrons. The van der Waals surface area contributed by atoms with Gasteiger partial charge in [-0.3, -0.25) is 4.99 Å². The molecule has 0 heterocycles. The summed E-state index contributed by atoms with van der Waals surface area (Å²) < 4.78 is 10.3. The lowest BCUT2D eigenvalue weighted by molar-refractivity contribution is 0.282. The second kappa shape index (κ2) is 8.02. The third-order valence-corrected chi connectivity index (χ3v) is 3.04. The molecule has 2 rings (SSSR count). The number of hydrogen-bond acceptors (Lipinski definition) is 5. The highest BCUT2D eigenvalue weighted by Gasteiger charge is 2.10. The van der Waals surface area contributed by atoms with E-state index in [2.05, 4.69) is 4.99 Å². The van der Waals surface area contributed by atoms with E-state index in [-0.39, 0.29) is 17.8 Å². The minimum absolute atomic E-state index is 0. The zero-order chi connectivity index (χ0) is 15.2. The van der Waals surface area contributed by atoms with Crippen molar-refractivity contribution in [2.45, 2.75) is 6.61 Å². The maximum atomic E-state index is 10.0. The van der Waals surface area contributed by atoms with E-state index in [0.29, 0.717) is 28.3 Å². The molecule has 0 amide bonds. The van der Waals surface area contributed by atoms with Crippen molar-refractivity contribution in [3.63, 3.8) is 0 Å². The molecule has 2 aromatic carbocycles. The molecule has 118 valence electrons. The van der Waals surface area contributed by atoms with Gasteiger partial charge in [-0.15, -0.1) is 0 Å². The molecule has 6 nitrogen and oxygen atoms in total. The lowest BCUT2D eigenvalue weighted by Gasteiger charge is -2.09. The summed E-state index contributed by atoms with van der Waals surface area (Å²) in [6.45, 7) is -0.0980. The van der Waals surface area contributed by atoms with Gasteiger partial charge < -0.3 is 25.2 Å². The maximum Gasteiger partial charge on any atom is 0.135 e. The Bertz CT molecular complexity index is 655. The van der Waals surface area contributed by atoms with Gasteiger partial charge in [-0.2, -0.15) is 0 Å². The van der Waals surface area contributed by atoms with Crippen LogP contribution in [0.4, 0.5) is 5.69 Å². The quantitative estimate of drug-likeness (QED) is 0.822. The van der Waals surface area contributed by atoms with Crippen molar-refractivity contribution < 1.29 is 25.2 Å². The third-order valence-electron chi connectivity index (χ3n) is 3.04. The van der Waals surface area contributed by atoms with Crippen LogP contribution in [0.1, 0.15) is 11.1 Å². The summed E-state index contributed by atoms with van der Waals surface area (Å²) >= 11 is 0. The van der Waals surface area contributed by atoms with Crippen LogP contribution in [-0.4, -0.2) is 36.1 Å². The Labute approximate surface area is 128 Å². The first-order chi connectivity index (χ1) is 10.2. The Morgan fingerprint density at radius 2 is 1.86 bits per heavy atom. The number of para-hydroxylation sites is 1. The number of nitrogens with zero attached hydrogens (tertiary/aromatic N) is 1. The average molecular weight is 305 g/mol. The first-order valence-corrected chi connectivity index (χ1v) is 6.37. The molecule has 0 saturated heterocycles. The van der Waals surface area contributed by atoms with Crippen LogP contribution in [0.2, 0.25) is 0 Å². The van der Waals surface area contributed by atoms with E-state index in [1.54, 1.807) is 18.2 Å². The standard InChI is InChI=1S/C16H17NO4.H2O/c1-20-12-7-15(19)13(16(8-12)21-2)9-17-14-6-4-3-5-11(14)10-18;/h3-9,18-19H,10H2,1-2H3;1H2. The van der Waals surface area contributed by atoms with Gasteiger partial charge in [0.05, 0.1) is 32.1 Å². The number of aliphatic imine (C=N–C) groups is 1. The SMILES string of the molecule is COc1cc(O)c(C=Nc2ccccc2CO)c(OC)c1.O. The molecular formula is C16H19NO5. The van der Waals surface area contributed by atoms with Crippen molar-refractivity contribution in [1.29, 1.82) is 0 Å². The van der Waals surface area contributed by atoms with Gasteiger partial charge in [-0.1, -0.05) is 18.2 Å². The predicted octanol–water partition coefficient (Wildman–Crippen LogP) is 1.83. The molecule has 0 unspecified atom stereocenters. The minimum atomic E-state index is -0.0980. The summed E-state index contributed by atoms with van der Waals surface area (Å²) in [4.78, 5) is 4.31. The van der Waals surface area contributed by atoms with E-state index in [0.717, 1.165) is 0 Å². The van der Waals surface area contributed by atoms with Gasteiger partial charge in [0, 0.05) is 23.9 Å². The van der Waals surface area contributed by atoms with Crippen molar-refractivity contribution in [2.24, 2.45) is 4.99 Å². The highest BCUT2D eigenvalue weighted by atomic mass is 16.5. The number of aliphatic hydroxyl groups is 1. The van der Waals surface area contributed by atoms with Crippen molar-refractivity contribution in [3.8, 4) is 17.2 Å². The van der Waals surface area contributed by atoms with E-state index in [1.165, 1.54) is 26.5 Å². The molecule has 2 aromatic rings. The van der Waals surface area contributed by atoms with Gasteiger partial charge in [0.25, 0.3) is 0 Å². The van der Waals surface area contributed by atoms with Crippen molar-refractivity contribution in [1.82, 2.24) is 0 Å². The molecule has 0 aliphatic rings. The van der Waals surface area contributed by atoms with Gasteiger partial charge in [-0.25, -0.2) is 0 Å². The topological polar surface area (TPSA) is 103 Å². The number of methoxy groups -OCH3 is 2. The Morgan fingerprint density at radius 1 is 1.14 bits per heavy atom. The Kier molecular flexibility index (Phi) is 6.37. The summed E-state index contributed by atoms with van der Waals surface area (Å²) in [6.07, 6.45) is 1.50. The molecule has 0 bridgehead atoms. The third kappa shape index (κ3) is 3.75. The minimum Gasteiger partial charge on any atom is -0.507 e. The fourth-order valence-electron chi connectivity index (χ4n) is 1.91. The molecule has 0 spiro atoms. The number of hydrogen-bond donors (Lipinski definition) is 2. The van der Waals surface area contributed by atoms with Crippen LogP contribution in [0.15, 0.2) is 41.4 Å². The Morgan fingerprint density at radius 3 is 2.50 bits per heavy atom. The molecule has 0 atom stereocenters. The van der Waals surface area contributed by atoms with Crippen LogP contribution in [0.3, 0.4) is 0 Å². The molecule has 22 heavy (non-hydrogen) atoms. The van der Waals surface area contributed by atoms with E-state index < -0.39 is 0 Å². The van der Waals surface area contributed by atoms with Crippen LogP contribution in [0.5, 0.6) is 17.2 Å². The van der Waals surface area contributed by atoms with Crippen molar-refractivity contribution >= 4 is 11.9 Å². The van der Waals surface area contributed by atoms with Crippen LogP contribution >= 0.6 is 0 Å². The summed E-state index contributed by atoms with van der Waals surface area (Å²) in [5, 5.41) is 19.3. The van der Waals surface area contributed by atoms with Crippen molar-refractivity contribution in [2.75, 3.05) is 14.2 Å². The second-order valence-electron chi connectivity index (χ2n) is 4.31. The number of phenols is 1.